The number of carbonyl (C=O) groups is 1. The molecule has 0 aliphatic heterocycles. The van der Waals surface area contributed by atoms with Crippen LogP contribution in [0.3, 0.4) is 0 Å². The van der Waals surface area contributed by atoms with Gasteiger partial charge in [0.1, 0.15) is 0 Å². The predicted molar refractivity (Wildman–Crippen MR) is 109 cm³/mol. The number of rotatable bonds is 6. The highest BCUT2D eigenvalue weighted by atomic mass is 32.2. The second-order valence-corrected chi connectivity index (χ2v) is 9.59. The number of carbonyl (C=O) groups excluding carboxylic acids is 1. The fourth-order valence-corrected chi connectivity index (χ4v) is 5.59. The lowest BCUT2D eigenvalue weighted by atomic mass is 9.92. The number of hydrogen-bond donors (Lipinski definition) is 1. The normalized spacial score (nSPS) is 16.6. The average molecular weight is 399 g/mol. The van der Waals surface area contributed by atoms with E-state index < -0.39 is 10.0 Å². The van der Waals surface area contributed by atoms with Crippen molar-refractivity contribution in [2.24, 2.45) is 0 Å². The first-order chi connectivity index (χ1) is 13.5. The van der Waals surface area contributed by atoms with Crippen molar-refractivity contribution in [1.29, 1.82) is 0 Å². The zero-order valence-corrected chi connectivity index (χ0v) is 17.0. The van der Waals surface area contributed by atoms with Crippen LogP contribution in [0.5, 0.6) is 0 Å². The minimum atomic E-state index is -3.55. The summed E-state index contributed by atoms with van der Waals surface area (Å²) in [6, 6.07) is 12.9. The summed E-state index contributed by atoms with van der Waals surface area (Å²) >= 11 is 0. The van der Waals surface area contributed by atoms with Gasteiger partial charge in [0.05, 0.1) is 4.90 Å². The summed E-state index contributed by atoms with van der Waals surface area (Å²) in [6.07, 6.45) is 6.11. The number of hydrogen-bond acceptors (Lipinski definition) is 3. The molecule has 0 unspecified atom stereocenters. The Balaban J connectivity index is 1.59. The maximum absolute atomic E-state index is 13.4. The first-order valence-electron chi connectivity index (χ1n) is 9.94. The summed E-state index contributed by atoms with van der Waals surface area (Å²) in [7, 11) is -1.95. The summed E-state index contributed by atoms with van der Waals surface area (Å²) in [5.41, 5.74) is 3.92. The first-order valence-corrected chi connectivity index (χ1v) is 11.4. The van der Waals surface area contributed by atoms with Gasteiger partial charge in [0.15, 0.2) is 0 Å². The number of amides is 1. The van der Waals surface area contributed by atoms with E-state index in [9.17, 15) is 13.2 Å². The number of benzene rings is 2. The molecule has 28 heavy (non-hydrogen) atoms. The lowest BCUT2D eigenvalue weighted by molar-refractivity contribution is 0.0963. The van der Waals surface area contributed by atoms with E-state index in [0.717, 1.165) is 37.7 Å². The predicted octanol–water partition coefficient (Wildman–Crippen LogP) is 3.28. The van der Waals surface area contributed by atoms with E-state index in [1.807, 2.05) is 24.3 Å². The molecule has 4 rings (SSSR count). The van der Waals surface area contributed by atoms with E-state index in [0.29, 0.717) is 17.0 Å². The minimum Gasteiger partial charge on any atom is -0.355 e. The van der Waals surface area contributed by atoms with Crippen LogP contribution in [0.2, 0.25) is 0 Å². The lowest BCUT2D eigenvalue weighted by Crippen LogP contribution is -2.33. The summed E-state index contributed by atoms with van der Waals surface area (Å²) in [6.45, 7) is 0.331. The molecule has 0 aromatic heterocycles. The van der Waals surface area contributed by atoms with Crippen molar-refractivity contribution in [2.45, 2.75) is 56.0 Å². The summed E-state index contributed by atoms with van der Waals surface area (Å²) < 4.78 is 28.4. The van der Waals surface area contributed by atoms with Gasteiger partial charge in [0.2, 0.25) is 10.0 Å². The van der Waals surface area contributed by atoms with Crippen LogP contribution in [0.1, 0.15) is 52.7 Å². The van der Waals surface area contributed by atoms with Crippen LogP contribution in [-0.4, -0.2) is 31.7 Å². The Morgan fingerprint density at radius 1 is 1.04 bits per heavy atom. The fraction of sp³-hybridized carbons (Fsp3) is 0.409. The molecule has 0 heterocycles. The summed E-state index contributed by atoms with van der Waals surface area (Å²) in [4.78, 5) is 12.1. The fourth-order valence-electron chi connectivity index (χ4n) is 3.86. The average Bonchev–Trinajstić information content (AvgIpc) is 3.56. The van der Waals surface area contributed by atoms with Crippen LogP contribution < -0.4 is 5.32 Å². The van der Waals surface area contributed by atoms with Crippen LogP contribution in [0.15, 0.2) is 47.4 Å². The molecular weight excluding hydrogens is 372 g/mol. The molecule has 2 aliphatic rings. The molecule has 5 nitrogen and oxygen atoms in total. The Labute approximate surface area is 166 Å². The van der Waals surface area contributed by atoms with E-state index in [2.05, 4.69) is 5.32 Å². The smallest absolute Gasteiger partial charge is 0.251 e. The molecule has 0 saturated heterocycles. The maximum Gasteiger partial charge on any atom is 0.251 e. The Bertz CT molecular complexity index is 979. The number of nitrogens with one attached hydrogen (secondary N) is 1. The molecule has 2 aromatic rings. The minimum absolute atomic E-state index is 0.0691. The van der Waals surface area contributed by atoms with Crippen LogP contribution in [0, 0.1) is 0 Å². The Hall–Kier alpha value is -2.18. The second kappa shape index (κ2) is 7.68. The van der Waals surface area contributed by atoms with Gasteiger partial charge in [-0.3, -0.25) is 4.79 Å². The van der Waals surface area contributed by atoms with Crippen LogP contribution in [0.4, 0.5) is 0 Å². The third kappa shape index (κ3) is 3.84. The number of sulfonamides is 1. The molecule has 1 N–H and O–H groups in total. The molecule has 1 amide bonds. The van der Waals surface area contributed by atoms with Crippen molar-refractivity contribution >= 4 is 15.9 Å². The van der Waals surface area contributed by atoms with E-state index >= 15 is 0 Å². The van der Waals surface area contributed by atoms with Gasteiger partial charge in [0, 0.05) is 25.2 Å². The highest BCUT2D eigenvalue weighted by molar-refractivity contribution is 7.89. The quantitative estimate of drug-likeness (QED) is 0.812. The van der Waals surface area contributed by atoms with Crippen molar-refractivity contribution in [3.05, 3.63) is 64.7 Å². The number of nitrogens with zero attached hydrogens (tertiary/aromatic N) is 1. The zero-order valence-electron chi connectivity index (χ0n) is 16.1. The maximum atomic E-state index is 13.4. The Kier molecular flexibility index (Phi) is 5.25. The van der Waals surface area contributed by atoms with Crippen LogP contribution in [-0.2, 0) is 29.4 Å². The Morgan fingerprint density at radius 2 is 1.71 bits per heavy atom. The molecule has 2 aliphatic carbocycles. The van der Waals surface area contributed by atoms with Gasteiger partial charge in [-0.1, -0.05) is 18.2 Å². The topological polar surface area (TPSA) is 66.5 Å². The standard InChI is InChI=1S/C22H26N2O3S/c1-23-22(25)18-8-6-16(7-9-18)15-24(20-11-12-20)28(26,27)21-13-10-17-4-2-3-5-19(17)14-21/h6-10,13-14,20H,2-5,11-12,15H2,1H3,(H,23,25). The van der Waals surface area contributed by atoms with Crippen molar-refractivity contribution in [2.75, 3.05) is 7.05 Å². The largest absolute Gasteiger partial charge is 0.355 e. The summed E-state index contributed by atoms with van der Waals surface area (Å²) in [5.74, 6) is -0.146. The monoisotopic (exact) mass is 398 g/mol. The van der Waals surface area contributed by atoms with Gasteiger partial charge in [-0.25, -0.2) is 8.42 Å². The third-order valence-electron chi connectivity index (χ3n) is 5.66. The molecule has 0 bridgehead atoms. The van der Waals surface area contributed by atoms with E-state index in [4.69, 9.17) is 0 Å². The van der Waals surface area contributed by atoms with Crippen LogP contribution >= 0.6 is 0 Å². The lowest BCUT2D eigenvalue weighted by Gasteiger charge is -2.24. The van der Waals surface area contributed by atoms with Gasteiger partial charge in [-0.15, -0.1) is 0 Å². The first kappa shape index (κ1) is 19.2. The highest BCUT2D eigenvalue weighted by Crippen LogP contribution is 2.34. The van der Waals surface area contributed by atoms with Crippen molar-refractivity contribution in [3.63, 3.8) is 0 Å². The molecule has 148 valence electrons. The van der Waals surface area contributed by atoms with Gasteiger partial charge < -0.3 is 5.32 Å². The molecule has 1 saturated carbocycles. The number of fused-ring (bicyclic) bond motifs is 1. The second-order valence-electron chi connectivity index (χ2n) is 7.70. The molecule has 1 fully saturated rings. The molecule has 2 aromatic carbocycles. The highest BCUT2D eigenvalue weighted by Gasteiger charge is 2.38. The third-order valence-corrected chi connectivity index (χ3v) is 7.56. The molecule has 0 spiro atoms. The van der Waals surface area contributed by atoms with Gasteiger partial charge in [-0.2, -0.15) is 4.31 Å². The number of aryl methyl sites for hydroxylation is 2. The zero-order chi connectivity index (χ0) is 19.7. The van der Waals surface area contributed by atoms with Crippen molar-refractivity contribution in [3.8, 4) is 0 Å². The molecular formula is C22H26N2O3S. The SMILES string of the molecule is CNC(=O)c1ccc(CN(C2CC2)S(=O)(=O)c2ccc3c(c2)CCCC3)cc1. The van der Waals surface area contributed by atoms with E-state index in [1.165, 1.54) is 17.5 Å². The Morgan fingerprint density at radius 3 is 2.36 bits per heavy atom. The van der Waals surface area contributed by atoms with Gasteiger partial charge in [0.25, 0.3) is 5.91 Å². The van der Waals surface area contributed by atoms with Gasteiger partial charge >= 0.3 is 0 Å². The van der Waals surface area contributed by atoms with E-state index in [-0.39, 0.29) is 11.9 Å². The molecule has 6 heteroatoms. The van der Waals surface area contributed by atoms with Crippen molar-refractivity contribution in [1.82, 2.24) is 9.62 Å². The van der Waals surface area contributed by atoms with Crippen molar-refractivity contribution < 1.29 is 13.2 Å². The summed E-state index contributed by atoms with van der Waals surface area (Å²) in [5, 5.41) is 2.60. The van der Waals surface area contributed by atoms with E-state index in [1.54, 1.807) is 29.6 Å². The molecule has 0 atom stereocenters. The molecule has 0 radical (unpaired) electrons. The van der Waals surface area contributed by atoms with Gasteiger partial charge in [-0.05, 0) is 79.5 Å². The van der Waals surface area contributed by atoms with Crippen LogP contribution in [0.25, 0.3) is 0 Å².